The van der Waals surface area contributed by atoms with Gasteiger partial charge in [0.05, 0.1) is 0 Å². The van der Waals surface area contributed by atoms with E-state index in [1.165, 1.54) is 0 Å². The highest BCUT2D eigenvalue weighted by Crippen LogP contribution is 2.26. The summed E-state index contributed by atoms with van der Waals surface area (Å²) in [7, 11) is 0. The summed E-state index contributed by atoms with van der Waals surface area (Å²) >= 11 is 0. The van der Waals surface area contributed by atoms with Crippen LogP contribution >= 0.6 is 12.4 Å². The van der Waals surface area contributed by atoms with Crippen LogP contribution in [0.1, 0.15) is 31.7 Å². The minimum Gasteiger partial charge on any atom is -0.344 e. The maximum absolute atomic E-state index is 13.2. The lowest BCUT2D eigenvalue weighted by Crippen LogP contribution is -2.47. The molecule has 142 valence electrons. The highest BCUT2D eigenvalue weighted by atomic mass is 35.5. The van der Waals surface area contributed by atoms with Crippen molar-refractivity contribution in [1.82, 2.24) is 10.6 Å². The second kappa shape index (κ2) is 10.0. The number of hydrogen-bond donors (Lipinski definition) is 2. The summed E-state index contributed by atoms with van der Waals surface area (Å²) in [6.45, 7) is 3.78. The van der Waals surface area contributed by atoms with E-state index in [9.17, 15) is 18.0 Å². The van der Waals surface area contributed by atoms with E-state index in [4.69, 9.17) is 0 Å². The summed E-state index contributed by atoms with van der Waals surface area (Å²) < 4.78 is 39.7. The molecule has 2 unspecified atom stereocenters. The van der Waals surface area contributed by atoms with E-state index in [0.29, 0.717) is 11.5 Å². The molecule has 1 aromatic rings. The van der Waals surface area contributed by atoms with E-state index < -0.39 is 18.1 Å². The fourth-order valence-electron chi connectivity index (χ4n) is 3.22. The molecule has 1 saturated heterocycles. The Morgan fingerprint density at radius 3 is 2.40 bits per heavy atom. The molecule has 3 nitrogen and oxygen atoms in total. The monoisotopic (exact) mass is 378 g/mol. The van der Waals surface area contributed by atoms with Gasteiger partial charge in [0.1, 0.15) is 6.04 Å². The highest BCUT2D eigenvalue weighted by molar-refractivity contribution is 5.85. The average molecular weight is 379 g/mol. The van der Waals surface area contributed by atoms with Gasteiger partial charge < -0.3 is 10.6 Å². The second-order valence-corrected chi connectivity index (χ2v) is 6.62. The molecule has 1 aliphatic heterocycles. The van der Waals surface area contributed by atoms with Gasteiger partial charge in [-0.2, -0.15) is 13.2 Å². The van der Waals surface area contributed by atoms with E-state index in [1.54, 1.807) is 30.3 Å². The first-order valence-corrected chi connectivity index (χ1v) is 8.47. The van der Waals surface area contributed by atoms with Crippen LogP contribution in [-0.2, 0) is 11.2 Å². The first kappa shape index (κ1) is 21.8. The summed E-state index contributed by atoms with van der Waals surface area (Å²) in [5.41, 5.74) is 0.562. The van der Waals surface area contributed by atoms with Crippen molar-refractivity contribution in [3.05, 3.63) is 35.9 Å². The predicted octanol–water partition coefficient (Wildman–Crippen LogP) is 3.72. The number of carbonyl (C=O) groups is 1. The van der Waals surface area contributed by atoms with E-state index >= 15 is 0 Å². The lowest BCUT2D eigenvalue weighted by Gasteiger charge is -2.29. The first-order chi connectivity index (χ1) is 11.4. The van der Waals surface area contributed by atoms with Crippen LogP contribution in [0.4, 0.5) is 13.2 Å². The number of carbonyl (C=O) groups excluding carboxylic acids is 1. The summed E-state index contributed by atoms with van der Waals surface area (Å²) in [4.78, 5) is 12.1. The molecule has 2 N–H and O–H groups in total. The van der Waals surface area contributed by atoms with Gasteiger partial charge >= 0.3 is 6.18 Å². The zero-order chi connectivity index (χ0) is 17.6. The summed E-state index contributed by atoms with van der Waals surface area (Å²) in [6, 6.07) is 6.59. The fraction of sp³-hybridized carbons (Fsp3) is 0.611. The minimum absolute atomic E-state index is 0. The highest BCUT2D eigenvalue weighted by Gasteiger charge is 2.40. The van der Waals surface area contributed by atoms with Crippen LogP contribution in [0.25, 0.3) is 0 Å². The van der Waals surface area contributed by atoms with Crippen molar-refractivity contribution in [2.24, 2.45) is 11.8 Å². The van der Waals surface area contributed by atoms with Crippen LogP contribution in [0, 0.1) is 11.8 Å². The molecular formula is C18H26ClF3N2O. The number of hydrogen-bond acceptors (Lipinski definition) is 2. The Morgan fingerprint density at radius 1 is 1.24 bits per heavy atom. The molecular weight excluding hydrogens is 353 g/mol. The molecule has 0 saturated carbocycles. The lowest BCUT2D eigenvalue weighted by atomic mass is 9.84. The van der Waals surface area contributed by atoms with Crippen molar-refractivity contribution in [1.29, 1.82) is 0 Å². The molecule has 1 aromatic carbocycles. The van der Waals surface area contributed by atoms with Crippen molar-refractivity contribution in [2.45, 2.75) is 44.8 Å². The number of halogens is 4. The Bertz CT molecular complexity index is 519. The molecule has 0 aromatic heterocycles. The second-order valence-electron chi connectivity index (χ2n) is 6.62. The summed E-state index contributed by atoms with van der Waals surface area (Å²) in [5, 5.41) is 5.45. The minimum atomic E-state index is -4.45. The molecule has 0 spiro atoms. The lowest BCUT2D eigenvalue weighted by molar-refractivity contribution is -0.161. The first-order valence-electron chi connectivity index (χ1n) is 8.47. The van der Waals surface area contributed by atoms with Gasteiger partial charge in [-0.3, -0.25) is 4.79 Å². The van der Waals surface area contributed by atoms with Gasteiger partial charge in [-0.15, -0.1) is 12.4 Å². The number of piperidine rings is 1. The van der Waals surface area contributed by atoms with Crippen LogP contribution in [0.2, 0.25) is 0 Å². The third-order valence-electron chi connectivity index (χ3n) is 4.71. The molecule has 0 aliphatic carbocycles. The van der Waals surface area contributed by atoms with Crippen molar-refractivity contribution in [3.8, 4) is 0 Å². The zero-order valence-corrected chi connectivity index (χ0v) is 15.1. The van der Waals surface area contributed by atoms with Crippen LogP contribution in [0.3, 0.4) is 0 Å². The van der Waals surface area contributed by atoms with E-state index in [1.807, 2.05) is 6.92 Å². The number of alkyl halides is 3. The van der Waals surface area contributed by atoms with Crippen LogP contribution in [-0.4, -0.2) is 31.2 Å². The van der Waals surface area contributed by atoms with Crippen molar-refractivity contribution < 1.29 is 18.0 Å². The van der Waals surface area contributed by atoms with E-state index in [-0.39, 0.29) is 31.2 Å². The third kappa shape index (κ3) is 7.24. The molecule has 2 atom stereocenters. The SMILES string of the molecule is CC(CC(=O)NC(Cc1ccccc1)C(F)(F)F)C1CCNCC1.Cl. The zero-order valence-electron chi connectivity index (χ0n) is 14.3. The Morgan fingerprint density at radius 2 is 1.84 bits per heavy atom. The van der Waals surface area contributed by atoms with Gasteiger partial charge in [0.2, 0.25) is 5.91 Å². The standard InChI is InChI=1S/C18H25F3N2O.ClH/c1-13(15-7-9-22-10-8-15)11-17(24)23-16(18(19,20)21)12-14-5-3-2-4-6-14;/h2-6,13,15-16,22H,7-12H2,1H3,(H,23,24);1H. The quantitative estimate of drug-likeness (QED) is 0.792. The molecule has 25 heavy (non-hydrogen) atoms. The Kier molecular flexibility index (Phi) is 8.73. The van der Waals surface area contributed by atoms with Crippen molar-refractivity contribution in [2.75, 3.05) is 13.1 Å². The van der Waals surface area contributed by atoms with Crippen LogP contribution in [0.15, 0.2) is 30.3 Å². The van der Waals surface area contributed by atoms with Gasteiger partial charge in [0.15, 0.2) is 0 Å². The molecule has 2 rings (SSSR count). The van der Waals surface area contributed by atoms with Gasteiger partial charge in [0, 0.05) is 12.8 Å². The van der Waals surface area contributed by atoms with Crippen LogP contribution < -0.4 is 10.6 Å². The van der Waals surface area contributed by atoms with E-state index in [2.05, 4.69) is 10.6 Å². The molecule has 1 fully saturated rings. The van der Waals surface area contributed by atoms with Crippen molar-refractivity contribution in [3.63, 3.8) is 0 Å². The van der Waals surface area contributed by atoms with Gasteiger partial charge in [-0.1, -0.05) is 37.3 Å². The van der Waals surface area contributed by atoms with Crippen molar-refractivity contribution >= 4 is 18.3 Å². The number of nitrogens with one attached hydrogen (secondary N) is 2. The molecule has 1 heterocycles. The normalized spacial score (nSPS) is 18.1. The van der Waals surface area contributed by atoms with Gasteiger partial charge in [-0.05, 0) is 43.3 Å². The smallest absolute Gasteiger partial charge is 0.344 e. The molecule has 1 aliphatic rings. The maximum Gasteiger partial charge on any atom is 0.408 e. The topological polar surface area (TPSA) is 41.1 Å². The Labute approximate surface area is 153 Å². The molecule has 0 bridgehead atoms. The third-order valence-corrected chi connectivity index (χ3v) is 4.71. The van der Waals surface area contributed by atoms with Gasteiger partial charge in [-0.25, -0.2) is 0 Å². The van der Waals surface area contributed by atoms with Crippen LogP contribution in [0.5, 0.6) is 0 Å². The summed E-state index contributed by atoms with van der Waals surface area (Å²) in [5.74, 6) is -0.0209. The fourth-order valence-corrected chi connectivity index (χ4v) is 3.22. The average Bonchev–Trinajstić information content (AvgIpc) is 2.55. The summed E-state index contributed by atoms with van der Waals surface area (Å²) in [6.07, 6.45) is -2.60. The number of benzene rings is 1. The predicted molar refractivity (Wildman–Crippen MR) is 94.8 cm³/mol. The molecule has 0 radical (unpaired) electrons. The molecule has 7 heteroatoms. The Hall–Kier alpha value is -1.27. The maximum atomic E-state index is 13.2. The number of rotatable bonds is 6. The largest absolute Gasteiger partial charge is 0.408 e. The Balaban J connectivity index is 0.00000312. The molecule has 1 amide bonds. The van der Waals surface area contributed by atoms with Gasteiger partial charge in [0.25, 0.3) is 0 Å². The van der Waals surface area contributed by atoms with E-state index in [0.717, 1.165) is 25.9 Å². The number of amides is 1.